The van der Waals surface area contributed by atoms with E-state index in [9.17, 15) is 13.2 Å². The molecule has 127 heavy (non-hydrogen) atoms. The van der Waals surface area contributed by atoms with Gasteiger partial charge in [0.05, 0.1) is 22.1 Å². The van der Waals surface area contributed by atoms with Crippen molar-refractivity contribution < 1.29 is 73.5 Å². The first-order valence-electron chi connectivity index (χ1n) is 45.0. The maximum Gasteiger partial charge on any atom is 0.416 e. The topological polar surface area (TPSA) is 38.7 Å². The first-order chi connectivity index (χ1) is 60.9. The molecular formula is C118H109F3Ir3N3-3. The summed E-state index contributed by atoms with van der Waals surface area (Å²) < 4.78 is 40.5. The summed E-state index contributed by atoms with van der Waals surface area (Å²) >= 11 is 0. The van der Waals surface area contributed by atoms with Gasteiger partial charge in [-0.2, -0.15) is 13.2 Å². The molecule has 0 bridgehead atoms. The fourth-order valence-corrected chi connectivity index (χ4v) is 16.7. The van der Waals surface area contributed by atoms with Crippen LogP contribution in [0.5, 0.6) is 0 Å². The fourth-order valence-electron chi connectivity index (χ4n) is 16.7. The van der Waals surface area contributed by atoms with E-state index in [-0.39, 0.29) is 60.3 Å². The molecule has 0 aliphatic heterocycles. The van der Waals surface area contributed by atoms with Gasteiger partial charge in [0.1, 0.15) is 0 Å². The summed E-state index contributed by atoms with van der Waals surface area (Å²) in [5, 5.41) is 2.80. The predicted octanol–water partition coefficient (Wildman–Crippen LogP) is 33.9. The molecule has 0 aliphatic carbocycles. The number of unbranched alkanes of at least 4 members (excludes halogenated alkanes) is 12. The Labute approximate surface area is 791 Å². The number of aryl methyl sites for hydroxylation is 4. The van der Waals surface area contributed by atoms with E-state index >= 15 is 0 Å². The average molecular weight is 2200 g/mol. The molecule has 0 unspecified atom stereocenters. The Kier molecular flexibility index (Phi) is 35.8. The van der Waals surface area contributed by atoms with E-state index in [1.807, 2.05) is 66.7 Å². The number of nitrogens with zero attached hydrogens (tertiary/aromatic N) is 3. The van der Waals surface area contributed by atoms with Crippen LogP contribution in [0.3, 0.4) is 0 Å². The van der Waals surface area contributed by atoms with Gasteiger partial charge >= 0.3 is 6.18 Å². The van der Waals surface area contributed by atoms with Gasteiger partial charge in [0.15, 0.2) is 0 Å². The van der Waals surface area contributed by atoms with Crippen molar-refractivity contribution in [3.05, 3.63) is 392 Å². The van der Waals surface area contributed by atoms with E-state index in [1.165, 1.54) is 209 Å². The van der Waals surface area contributed by atoms with E-state index in [2.05, 4.69) is 307 Å². The maximum atomic E-state index is 13.5. The molecule has 0 saturated heterocycles. The van der Waals surface area contributed by atoms with Gasteiger partial charge in [-0.25, -0.2) is 0 Å². The van der Waals surface area contributed by atoms with Gasteiger partial charge in [-0.1, -0.05) is 353 Å². The van der Waals surface area contributed by atoms with E-state index < -0.39 is 11.7 Å². The van der Waals surface area contributed by atoms with E-state index in [0.29, 0.717) is 22.2 Å². The van der Waals surface area contributed by atoms with Crippen LogP contribution in [-0.2, 0) is 92.2 Å². The van der Waals surface area contributed by atoms with Crippen molar-refractivity contribution in [2.24, 2.45) is 0 Å². The molecular weight excluding hydrogens is 2090 g/mol. The summed E-state index contributed by atoms with van der Waals surface area (Å²) in [6.45, 7) is 9.02. The smallest absolute Gasteiger partial charge is 0.296 e. The third-order valence-corrected chi connectivity index (χ3v) is 23.8. The molecule has 3 radical (unpaired) electrons. The molecule has 9 heteroatoms. The molecule has 0 fully saturated rings. The SMILES string of the molecule is CCCCCCc1ccc(-c2cc[c-]c(-c3cc(-c4ccccc4)c4cc(-c5ccc(CCCCCC)cc5)ccc4n3)c2)cc1.CCCCCCc1ccc(-c2cc[c-]c(-c3cc(-c4ccccc4)c4cc(-c5ccccc5)ccc4n3)c2)cc1.CCCCCCc1ccc(-c2cc[c-]c(-c3cc(-c4ccccc4)c4cc(C(F)(F)F)ccc4n3)c2)cc1.[Ir].[Ir].[Ir]. The molecule has 0 aliphatic rings. The maximum absolute atomic E-state index is 13.5. The average Bonchev–Trinajstić information content (AvgIpc) is 0.777. The molecule has 0 amide bonds. The third kappa shape index (κ3) is 25.5. The van der Waals surface area contributed by atoms with Crippen LogP contribution in [0.15, 0.2) is 346 Å². The Morgan fingerprint density at radius 3 is 0.748 bits per heavy atom. The van der Waals surface area contributed by atoms with Gasteiger partial charge in [0.25, 0.3) is 0 Å². The molecule has 3 nitrogen and oxygen atoms in total. The second kappa shape index (κ2) is 47.7. The zero-order valence-corrected chi connectivity index (χ0v) is 80.2. The van der Waals surface area contributed by atoms with Crippen LogP contribution in [0.25, 0.3) is 155 Å². The van der Waals surface area contributed by atoms with Crippen LogP contribution in [0.4, 0.5) is 13.2 Å². The quantitative estimate of drug-likeness (QED) is 0.0321. The van der Waals surface area contributed by atoms with Crippen molar-refractivity contribution in [1.82, 2.24) is 15.0 Å². The Hall–Kier alpha value is -11.0. The van der Waals surface area contributed by atoms with Crippen LogP contribution < -0.4 is 0 Å². The summed E-state index contributed by atoms with van der Waals surface area (Å²) in [6.07, 6.45) is 20.7. The minimum absolute atomic E-state index is 0. The number of hydrogen-bond donors (Lipinski definition) is 0. The molecule has 3 heterocycles. The van der Waals surface area contributed by atoms with Crippen LogP contribution >= 0.6 is 0 Å². The standard InChI is InChI=1S/C45H46N.C39H34N.C34H29F3N.3Ir/c1-3-5-7-10-15-34-21-25-36(26-22-34)39-19-14-20-41(31-39)45-33-42(38-17-12-9-13-18-38)43-32-40(29-30-44(43)46-45)37-27-23-35(24-28-37)16-11-8-6-4-2;1-2-3-4-7-13-29-20-22-31(23-21-29)33-18-12-19-35(26-33)39-28-36(32-16-10-6-11-17-32)37-27-34(24-25-38(37)40-39)30-14-8-5-9-15-30;1-2-3-4-6-10-24-15-17-25(18-16-24)27-13-9-14-28(21-27)33-23-30(26-11-7-5-8-12-26)31-22-29(34(35,36)37)19-20-32(31)38-33;;;/h9,12-14,17-19,21-33H,3-8,10-11,15-16H2,1-2H3;5-6,8-12,14-18,20-28H,2-4,7,13H2,1H3;5,7-9,11-13,15-23H,2-4,6,10H2,1H3;;;/q3*-1;;;. The second-order valence-electron chi connectivity index (χ2n) is 32.8. The number of benzene rings is 14. The van der Waals surface area contributed by atoms with E-state index in [4.69, 9.17) is 15.0 Å². The molecule has 17 rings (SSSR count). The van der Waals surface area contributed by atoms with Crippen molar-refractivity contribution in [3.8, 4) is 123 Å². The largest absolute Gasteiger partial charge is 0.416 e. The minimum atomic E-state index is -4.42. The number of rotatable bonds is 31. The monoisotopic (exact) mass is 2200 g/mol. The zero-order chi connectivity index (χ0) is 85.2. The predicted molar refractivity (Wildman–Crippen MR) is 518 cm³/mol. The van der Waals surface area contributed by atoms with E-state index in [0.717, 1.165) is 92.9 Å². The molecule has 0 saturated carbocycles. The van der Waals surface area contributed by atoms with Crippen LogP contribution in [0, 0.1) is 18.2 Å². The van der Waals surface area contributed by atoms with Gasteiger partial charge < -0.3 is 0 Å². The molecule has 0 N–H and O–H groups in total. The summed E-state index contributed by atoms with van der Waals surface area (Å²) in [5.74, 6) is 0. The minimum Gasteiger partial charge on any atom is -0.296 e. The third-order valence-electron chi connectivity index (χ3n) is 23.8. The second-order valence-corrected chi connectivity index (χ2v) is 32.8. The van der Waals surface area contributed by atoms with Crippen molar-refractivity contribution in [3.63, 3.8) is 0 Å². The number of hydrogen-bond acceptors (Lipinski definition) is 3. The van der Waals surface area contributed by atoms with Gasteiger partial charge in [0, 0.05) is 76.5 Å². The Morgan fingerprint density at radius 1 is 0.228 bits per heavy atom. The van der Waals surface area contributed by atoms with Gasteiger partial charge in [-0.3, -0.25) is 15.0 Å². The molecule has 0 atom stereocenters. The number of pyridine rings is 3. The summed E-state index contributed by atoms with van der Waals surface area (Å²) in [7, 11) is 0. The number of alkyl halides is 3. The Balaban J connectivity index is 0.000000172. The van der Waals surface area contributed by atoms with E-state index in [1.54, 1.807) is 0 Å². The van der Waals surface area contributed by atoms with Crippen molar-refractivity contribution >= 4 is 32.7 Å². The van der Waals surface area contributed by atoms with Crippen LogP contribution in [0.1, 0.15) is 158 Å². The molecule has 647 valence electrons. The summed E-state index contributed by atoms with van der Waals surface area (Å²) in [4.78, 5) is 15.1. The number of fused-ring (bicyclic) bond motifs is 3. The zero-order valence-electron chi connectivity index (χ0n) is 73.0. The van der Waals surface area contributed by atoms with Crippen molar-refractivity contribution in [2.45, 2.75) is 162 Å². The number of halogens is 3. The Morgan fingerprint density at radius 2 is 0.472 bits per heavy atom. The molecule has 0 spiro atoms. The Bertz CT molecular complexity index is 6300. The summed E-state index contributed by atoms with van der Waals surface area (Å²) in [6, 6.07) is 130. The van der Waals surface area contributed by atoms with Gasteiger partial charge in [0.2, 0.25) is 0 Å². The molecule has 17 aromatic rings. The fraction of sp³-hybridized carbons (Fsp3) is 0.212. The first kappa shape index (κ1) is 95.2. The molecule has 3 aromatic heterocycles. The van der Waals surface area contributed by atoms with Gasteiger partial charge in [-0.05, 0) is 205 Å². The number of aromatic nitrogens is 3. The summed E-state index contributed by atoms with van der Waals surface area (Å²) in [5.41, 5.74) is 31.0. The van der Waals surface area contributed by atoms with Crippen molar-refractivity contribution in [1.29, 1.82) is 0 Å². The van der Waals surface area contributed by atoms with Crippen molar-refractivity contribution in [2.75, 3.05) is 0 Å². The molecule has 14 aromatic carbocycles. The normalized spacial score (nSPS) is 11.1. The first-order valence-corrected chi connectivity index (χ1v) is 45.0. The van der Waals surface area contributed by atoms with Crippen LogP contribution in [0.2, 0.25) is 0 Å². The van der Waals surface area contributed by atoms with Crippen LogP contribution in [-0.4, -0.2) is 15.0 Å². The van der Waals surface area contributed by atoms with Gasteiger partial charge in [-0.15, -0.1) is 106 Å².